The number of quaternary nitrogens is 1. The number of thioether (sulfide) groups is 1. The van der Waals surface area contributed by atoms with Crippen molar-refractivity contribution >= 4 is 23.9 Å². The highest BCUT2D eigenvalue weighted by Gasteiger charge is 2.15. The largest absolute Gasteiger partial charge is 0.507 e. The average molecular weight is 410 g/mol. The Morgan fingerprint density at radius 3 is 2.41 bits per heavy atom. The summed E-state index contributed by atoms with van der Waals surface area (Å²) in [7, 11) is 0. The second kappa shape index (κ2) is 10.3. The van der Waals surface area contributed by atoms with E-state index >= 15 is 0 Å². The summed E-state index contributed by atoms with van der Waals surface area (Å²) in [5.74, 6) is 1.57. The lowest BCUT2D eigenvalue weighted by atomic mass is 10.2. The molecule has 0 atom stereocenters. The average Bonchev–Trinajstić information content (AvgIpc) is 3.16. The van der Waals surface area contributed by atoms with E-state index in [1.54, 1.807) is 17.8 Å². The molecule has 2 N–H and O–H groups in total. The number of hydrogen-bond acceptors (Lipinski definition) is 4. The molecule has 0 saturated carbocycles. The Morgan fingerprint density at radius 1 is 1.03 bits per heavy atom. The number of nitrogens with one attached hydrogen (secondary N) is 1. The number of nitrogens with zero attached hydrogens (tertiary/aromatic N) is 3. The summed E-state index contributed by atoms with van der Waals surface area (Å²) in [5.41, 5.74) is 1.81. The predicted octanol–water partition coefficient (Wildman–Crippen LogP) is 3.47. The number of rotatable bonds is 9. The van der Waals surface area contributed by atoms with Crippen LogP contribution in [0.5, 0.6) is 5.75 Å². The van der Waals surface area contributed by atoms with Crippen molar-refractivity contribution in [2.24, 2.45) is 0 Å². The summed E-state index contributed by atoms with van der Waals surface area (Å²) >= 11 is 1.73. The quantitative estimate of drug-likeness (QED) is 0.532. The van der Waals surface area contributed by atoms with Crippen LogP contribution in [0.3, 0.4) is 0 Å². The highest BCUT2D eigenvalue weighted by Crippen LogP contribution is 2.27. The molecular formula is C23H29N4OS+. The first-order valence-electron chi connectivity index (χ1n) is 10.0. The number of likely N-dealkylation sites (N-methyl/N-ethyl adjacent to an activating group) is 1. The minimum Gasteiger partial charge on any atom is -0.507 e. The van der Waals surface area contributed by atoms with Gasteiger partial charge in [-0.15, -0.1) is 11.8 Å². The van der Waals surface area contributed by atoms with E-state index in [2.05, 4.69) is 44.4 Å². The molecule has 2 aromatic carbocycles. The molecule has 0 aliphatic heterocycles. The maximum atomic E-state index is 10.3. The van der Waals surface area contributed by atoms with E-state index in [9.17, 15) is 5.11 Å². The molecule has 1 aromatic heterocycles. The van der Waals surface area contributed by atoms with Gasteiger partial charge in [-0.25, -0.2) is 9.67 Å². The lowest BCUT2D eigenvalue weighted by molar-refractivity contribution is -0.897. The van der Waals surface area contributed by atoms with E-state index in [-0.39, 0.29) is 5.75 Å². The first kappa shape index (κ1) is 21.1. The van der Waals surface area contributed by atoms with Crippen molar-refractivity contribution in [3.8, 4) is 17.1 Å². The van der Waals surface area contributed by atoms with E-state index < -0.39 is 0 Å². The van der Waals surface area contributed by atoms with Gasteiger partial charge in [-0.05, 0) is 56.0 Å². The lowest BCUT2D eigenvalue weighted by Gasteiger charge is -2.15. The zero-order valence-corrected chi connectivity index (χ0v) is 18.1. The maximum Gasteiger partial charge on any atom is 0.174 e. The summed E-state index contributed by atoms with van der Waals surface area (Å²) in [6.07, 6.45) is 6.02. The molecule has 0 aliphatic carbocycles. The summed E-state index contributed by atoms with van der Waals surface area (Å²) in [4.78, 5) is 7.46. The molecule has 1 heterocycles. The van der Waals surface area contributed by atoms with Gasteiger partial charge in [0.1, 0.15) is 5.75 Å². The van der Waals surface area contributed by atoms with Gasteiger partial charge < -0.3 is 10.0 Å². The van der Waals surface area contributed by atoms with Gasteiger partial charge in [0, 0.05) is 4.90 Å². The van der Waals surface area contributed by atoms with Crippen LogP contribution in [0.4, 0.5) is 0 Å². The Hall–Kier alpha value is -2.57. The molecule has 6 heteroatoms. The third kappa shape index (κ3) is 5.49. The lowest BCUT2D eigenvalue weighted by Crippen LogP contribution is -3.11. The molecule has 5 nitrogen and oxygen atoms in total. The van der Waals surface area contributed by atoms with Crippen LogP contribution < -0.4 is 4.90 Å². The Morgan fingerprint density at radius 2 is 1.76 bits per heavy atom. The number of aromatic hydroxyl groups is 1. The molecule has 3 aromatic rings. The van der Waals surface area contributed by atoms with Gasteiger partial charge in [0.25, 0.3) is 0 Å². The van der Waals surface area contributed by atoms with Crippen LogP contribution in [0.15, 0.2) is 53.4 Å². The minimum absolute atomic E-state index is 0.222. The van der Waals surface area contributed by atoms with Crippen molar-refractivity contribution in [2.45, 2.75) is 25.3 Å². The third-order valence-electron chi connectivity index (χ3n) is 5.05. The fraction of sp³-hybridized carbons (Fsp3) is 0.304. The van der Waals surface area contributed by atoms with E-state index in [0.29, 0.717) is 17.2 Å². The van der Waals surface area contributed by atoms with E-state index in [1.807, 2.05) is 35.0 Å². The number of para-hydroxylation sites is 1. The van der Waals surface area contributed by atoms with Crippen molar-refractivity contribution in [3.05, 3.63) is 59.9 Å². The van der Waals surface area contributed by atoms with Crippen LogP contribution in [-0.2, 0) is 6.54 Å². The first-order valence-corrected chi connectivity index (χ1v) is 11.3. The van der Waals surface area contributed by atoms with E-state index in [0.717, 1.165) is 31.7 Å². The zero-order valence-electron chi connectivity index (χ0n) is 17.3. The molecule has 3 rings (SSSR count). The van der Waals surface area contributed by atoms with Gasteiger partial charge in [0.15, 0.2) is 11.6 Å². The zero-order chi connectivity index (χ0) is 20.6. The predicted molar refractivity (Wildman–Crippen MR) is 121 cm³/mol. The minimum atomic E-state index is 0.222. The summed E-state index contributed by atoms with van der Waals surface area (Å²) in [6, 6.07) is 15.7. The molecule has 0 aliphatic rings. The number of benzene rings is 2. The molecule has 152 valence electrons. The Balaban J connectivity index is 1.88. The number of phenols is 1. The Labute approximate surface area is 177 Å². The van der Waals surface area contributed by atoms with Crippen LogP contribution in [0.1, 0.15) is 25.2 Å². The Kier molecular flexibility index (Phi) is 7.49. The summed E-state index contributed by atoms with van der Waals surface area (Å²) in [6.45, 7) is 8.27. The molecule has 0 spiro atoms. The Bertz CT molecular complexity index is 946. The van der Waals surface area contributed by atoms with Crippen LogP contribution in [0, 0.1) is 0 Å². The monoisotopic (exact) mass is 409 g/mol. The highest BCUT2D eigenvalue weighted by molar-refractivity contribution is 7.98. The van der Waals surface area contributed by atoms with Gasteiger partial charge in [0.2, 0.25) is 0 Å². The number of phenolic OH excluding ortho intramolecular Hbond substituents is 1. The molecule has 0 saturated heterocycles. The van der Waals surface area contributed by atoms with Gasteiger partial charge in [-0.1, -0.05) is 30.3 Å². The smallest absolute Gasteiger partial charge is 0.174 e. The van der Waals surface area contributed by atoms with Crippen molar-refractivity contribution in [2.75, 3.05) is 25.9 Å². The standard InChI is InChI=1S/C23H28N4OS/c1-4-26(5-2)16-17-27-23(20-8-6-7-9-21(20)28)24-22(25-27)15-12-18-10-13-19(29-3)14-11-18/h6-15,28H,4-5,16-17H2,1-3H3/p+1/b15-12+. The number of aromatic nitrogens is 3. The van der Waals surface area contributed by atoms with Gasteiger partial charge in [0.05, 0.1) is 31.7 Å². The molecular weight excluding hydrogens is 380 g/mol. The third-order valence-corrected chi connectivity index (χ3v) is 5.79. The maximum absolute atomic E-state index is 10.3. The van der Waals surface area contributed by atoms with Crippen molar-refractivity contribution in [3.63, 3.8) is 0 Å². The fourth-order valence-electron chi connectivity index (χ4n) is 3.20. The van der Waals surface area contributed by atoms with E-state index in [1.165, 1.54) is 9.80 Å². The van der Waals surface area contributed by atoms with Crippen molar-refractivity contribution in [1.29, 1.82) is 0 Å². The van der Waals surface area contributed by atoms with Crippen LogP contribution in [0.2, 0.25) is 0 Å². The molecule has 29 heavy (non-hydrogen) atoms. The van der Waals surface area contributed by atoms with Crippen LogP contribution in [-0.4, -0.2) is 45.8 Å². The van der Waals surface area contributed by atoms with Gasteiger partial charge >= 0.3 is 0 Å². The molecule has 0 radical (unpaired) electrons. The van der Waals surface area contributed by atoms with Crippen LogP contribution >= 0.6 is 11.8 Å². The fourth-order valence-corrected chi connectivity index (χ4v) is 3.61. The van der Waals surface area contributed by atoms with Crippen LogP contribution in [0.25, 0.3) is 23.5 Å². The first-order chi connectivity index (χ1) is 14.1. The van der Waals surface area contributed by atoms with Crippen molar-refractivity contribution < 1.29 is 10.0 Å². The second-order valence-electron chi connectivity index (χ2n) is 6.85. The number of hydrogen-bond donors (Lipinski definition) is 2. The normalized spacial score (nSPS) is 11.6. The van der Waals surface area contributed by atoms with Gasteiger partial charge in [-0.3, -0.25) is 0 Å². The molecule has 0 amide bonds. The molecule has 0 fully saturated rings. The van der Waals surface area contributed by atoms with Gasteiger partial charge in [-0.2, -0.15) is 5.10 Å². The SMILES string of the molecule is CC[NH+](CC)CCn1nc(/C=C/c2ccc(SC)cc2)nc1-c1ccccc1O. The molecule has 0 bridgehead atoms. The summed E-state index contributed by atoms with van der Waals surface area (Å²) < 4.78 is 1.91. The van der Waals surface area contributed by atoms with Crippen molar-refractivity contribution in [1.82, 2.24) is 14.8 Å². The molecule has 0 unspecified atom stereocenters. The van der Waals surface area contributed by atoms with E-state index in [4.69, 9.17) is 10.1 Å². The summed E-state index contributed by atoms with van der Waals surface area (Å²) in [5, 5.41) is 15.0. The highest BCUT2D eigenvalue weighted by atomic mass is 32.2. The second-order valence-corrected chi connectivity index (χ2v) is 7.73. The topological polar surface area (TPSA) is 55.4 Å².